The van der Waals surface area contributed by atoms with Gasteiger partial charge in [-0.1, -0.05) is 60.7 Å². The number of rotatable bonds is 5. The van der Waals surface area contributed by atoms with Crippen LogP contribution in [0.3, 0.4) is 0 Å². The maximum Gasteiger partial charge on any atom is 0.118 e. The second-order valence-electron chi connectivity index (χ2n) is 5.28. The molecule has 2 heteroatoms. The summed E-state index contributed by atoms with van der Waals surface area (Å²) in [5.74, 6) is 0.852. The molecule has 114 valence electrons. The number of methoxy groups -OCH3 is 1. The van der Waals surface area contributed by atoms with E-state index in [1.165, 1.54) is 11.1 Å². The van der Waals surface area contributed by atoms with Gasteiger partial charge in [-0.2, -0.15) is 0 Å². The quantitative estimate of drug-likeness (QED) is 0.614. The smallest absolute Gasteiger partial charge is 0.118 e. The minimum absolute atomic E-state index is 0.000461. The van der Waals surface area contributed by atoms with Gasteiger partial charge in [-0.15, -0.1) is 0 Å². The normalized spacial score (nSPS) is 11.0. The average Bonchev–Trinajstić information content (AvgIpc) is 2.64. The third-order valence-electron chi connectivity index (χ3n) is 3.72. The van der Waals surface area contributed by atoms with Crippen LogP contribution in [0.4, 0.5) is 0 Å². The largest absolute Gasteiger partial charge is 0.497 e. The van der Waals surface area contributed by atoms with Crippen LogP contribution in [0.25, 0.3) is 0 Å². The van der Waals surface area contributed by atoms with Crippen molar-refractivity contribution in [2.45, 2.75) is 6.04 Å². The molecule has 23 heavy (non-hydrogen) atoms. The molecule has 0 saturated carbocycles. The van der Waals surface area contributed by atoms with Crippen molar-refractivity contribution in [2.24, 2.45) is 4.99 Å². The highest BCUT2D eigenvalue weighted by Gasteiger charge is 2.11. The summed E-state index contributed by atoms with van der Waals surface area (Å²) in [6.07, 6.45) is 1.92. The molecule has 0 heterocycles. The molecule has 0 amide bonds. The van der Waals surface area contributed by atoms with Crippen LogP contribution in [0.5, 0.6) is 5.75 Å². The van der Waals surface area contributed by atoms with Crippen molar-refractivity contribution in [1.82, 2.24) is 0 Å². The van der Waals surface area contributed by atoms with Gasteiger partial charge in [0.25, 0.3) is 0 Å². The maximum absolute atomic E-state index is 5.19. The van der Waals surface area contributed by atoms with Crippen LogP contribution in [0.2, 0.25) is 0 Å². The molecule has 3 aromatic carbocycles. The van der Waals surface area contributed by atoms with E-state index in [0.717, 1.165) is 11.3 Å². The summed E-state index contributed by atoms with van der Waals surface area (Å²) in [4.78, 5) is 4.82. The molecular formula is C21H19NO. The van der Waals surface area contributed by atoms with Crippen molar-refractivity contribution in [3.63, 3.8) is 0 Å². The van der Waals surface area contributed by atoms with Crippen LogP contribution in [-0.4, -0.2) is 13.3 Å². The third kappa shape index (κ3) is 3.86. The summed E-state index contributed by atoms with van der Waals surface area (Å²) in [5, 5.41) is 0. The molecule has 0 aromatic heterocycles. The summed E-state index contributed by atoms with van der Waals surface area (Å²) in [6.45, 7) is 0. The van der Waals surface area contributed by atoms with E-state index in [9.17, 15) is 0 Å². The van der Waals surface area contributed by atoms with Crippen molar-refractivity contribution < 1.29 is 4.74 Å². The molecule has 0 saturated heterocycles. The maximum atomic E-state index is 5.19. The Kier molecular flexibility index (Phi) is 4.85. The van der Waals surface area contributed by atoms with Gasteiger partial charge in [0.05, 0.1) is 13.2 Å². The van der Waals surface area contributed by atoms with E-state index in [0.29, 0.717) is 0 Å². The van der Waals surface area contributed by atoms with Gasteiger partial charge >= 0.3 is 0 Å². The van der Waals surface area contributed by atoms with Gasteiger partial charge in [-0.3, -0.25) is 4.99 Å². The van der Waals surface area contributed by atoms with Gasteiger partial charge in [0.1, 0.15) is 5.75 Å². The fourth-order valence-corrected chi connectivity index (χ4v) is 2.49. The molecule has 0 N–H and O–H groups in total. The van der Waals surface area contributed by atoms with Crippen molar-refractivity contribution in [3.8, 4) is 5.75 Å². The zero-order chi connectivity index (χ0) is 15.9. The molecule has 2 nitrogen and oxygen atoms in total. The van der Waals surface area contributed by atoms with Crippen molar-refractivity contribution >= 4 is 6.21 Å². The summed E-state index contributed by atoms with van der Waals surface area (Å²) < 4.78 is 5.19. The van der Waals surface area contributed by atoms with E-state index in [-0.39, 0.29) is 6.04 Å². The SMILES string of the molecule is COc1ccc(/C=N/C(c2ccccc2)c2ccccc2)cc1. The standard InChI is InChI=1S/C21H19NO/c1-23-20-14-12-17(13-15-20)16-22-21(18-8-4-2-5-9-18)19-10-6-3-7-11-19/h2-16,21H,1H3/b22-16+. The fourth-order valence-electron chi connectivity index (χ4n) is 2.49. The first-order valence-electron chi connectivity index (χ1n) is 7.64. The highest BCUT2D eigenvalue weighted by atomic mass is 16.5. The minimum atomic E-state index is -0.000461. The Morgan fingerprint density at radius 1 is 0.739 bits per heavy atom. The predicted octanol–water partition coefficient (Wildman–Crippen LogP) is 4.90. The average molecular weight is 301 g/mol. The summed E-state index contributed by atoms with van der Waals surface area (Å²) in [5.41, 5.74) is 3.43. The van der Waals surface area contributed by atoms with Crippen LogP contribution in [0.1, 0.15) is 22.7 Å². The summed E-state index contributed by atoms with van der Waals surface area (Å²) in [6, 6.07) is 28.6. The van der Waals surface area contributed by atoms with E-state index in [1.54, 1.807) is 7.11 Å². The van der Waals surface area contributed by atoms with E-state index in [2.05, 4.69) is 24.3 Å². The van der Waals surface area contributed by atoms with E-state index >= 15 is 0 Å². The molecule has 0 fully saturated rings. The molecule has 0 spiro atoms. The molecule has 3 rings (SSSR count). The summed E-state index contributed by atoms with van der Waals surface area (Å²) >= 11 is 0. The fraction of sp³-hybridized carbons (Fsp3) is 0.0952. The number of hydrogen-bond acceptors (Lipinski definition) is 2. The van der Waals surface area contributed by atoms with Crippen LogP contribution < -0.4 is 4.74 Å². The molecule has 3 aromatic rings. The first-order chi connectivity index (χ1) is 11.4. The Hall–Kier alpha value is -2.87. The Balaban J connectivity index is 1.91. The van der Waals surface area contributed by atoms with Gasteiger partial charge in [0.2, 0.25) is 0 Å². The van der Waals surface area contributed by atoms with Crippen LogP contribution in [0, 0.1) is 0 Å². The van der Waals surface area contributed by atoms with Crippen LogP contribution >= 0.6 is 0 Å². The predicted molar refractivity (Wildman–Crippen MR) is 95.3 cm³/mol. The number of benzene rings is 3. The highest BCUT2D eigenvalue weighted by molar-refractivity contribution is 5.80. The lowest BCUT2D eigenvalue weighted by atomic mass is 9.99. The number of aliphatic imine (C=N–C) groups is 1. The minimum Gasteiger partial charge on any atom is -0.497 e. The van der Waals surface area contributed by atoms with Crippen LogP contribution in [-0.2, 0) is 0 Å². The summed E-state index contributed by atoms with van der Waals surface area (Å²) in [7, 11) is 1.67. The van der Waals surface area contributed by atoms with Gasteiger partial charge in [-0.05, 0) is 41.0 Å². The van der Waals surface area contributed by atoms with Crippen LogP contribution in [0.15, 0.2) is 89.9 Å². The number of nitrogens with zero attached hydrogens (tertiary/aromatic N) is 1. The lowest BCUT2D eigenvalue weighted by Gasteiger charge is -2.13. The van der Waals surface area contributed by atoms with Gasteiger partial charge < -0.3 is 4.74 Å². The molecule has 0 unspecified atom stereocenters. The van der Waals surface area contributed by atoms with Crippen molar-refractivity contribution in [1.29, 1.82) is 0 Å². The second-order valence-corrected chi connectivity index (χ2v) is 5.28. The van der Waals surface area contributed by atoms with Gasteiger partial charge in [0.15, 0.2) is 0 Å². The monoisotopic (exact) mass is 301 g/mol. The molecule has 0 atom stereocenters. The topological polar surface area (TPSA) is 21.6 Å². The second kappa shape index (κ2) is 7.41. The zero-order valence-corrected chi connectivity index (χ0v) is 13.1. The molecular weight excluding hydrogens is 282 g/mol. The zero-order valence-electron chi connectivity index (χ0n) is 13.1. The number of ether oxygens (including phenoxy) is 1. The van der Waals surface area contributed by atoms with E-state index < -0.39 is 0 Å². The Labute approximate surface area is 137 Å². The first kappa shape index (κ1) is 15.0. The molecule has 0 radical (unpaired) electrons. The molecule has 0 aliphatic rings. The number of hydrogen-bond donors (Lipinski definition) is 0. The third-order valence-corrected chi connectivity index (χ3v) is 3.72. The van der Waals surface area contributed by atoms with Gasteiger partial charge in [-0.25, -0.2) is 0 Å². The van der Waals surface area contributed by atoms with Crippen molar-refractivity contribution in [2.75, 3.05) is 7.11 Å². The Morgan fingerprint density at radius 2 is 1.26 bits per heavy atom. The lowest BCUT2D eigenvalue weighted by molar-refractivity contribution is 0.415. The van der Waals surface area contributed by atoms with E-state index in [1.807, 2.05) is 66.9 Å². The highest BCUT2D eigenvalue weighted by Crippen LogP contribution is 2.25. The first-order valence-corrected chi connectivity index (χ1v) is 7.64. The Bertz CT molecular complexity index is 709. The lowest BCUT2D eigenvalue weighted by Crippen LogP contribution is -1.98. The van der Waals surface area contributed by atoms with Crippen molar-refractivity contribution in [3.05, 3.63) is 102 Å². The Morgan fingerprint density at radius 3 is 1.74 bits per heavy atom. The van der Waals surface area contributed by atoms with E-state index in [4.69, 9.17) is 9.73 Å². The van der Waals surface area contributed by atoms with Gasteiger partial charge in [0, 0.05) is 6.21 Å². The molecule has 0 aliphatic carbocycles. The molecule has 0 bridgehead atoms. The molecule has 0 aliphatic heterocycles.